The molecule has 0 atom stereocenters. The summed E-state index contributed by atoms with van der Waals surface area (Å²) in [5, 5.41) is -4.31. The Morgan fingerprint density at radius 3 is 1.82 bits per heavy atom. The zero-order chi connectivity index (χ0) is 50.7. The highest BCUT2D eigenvalue weighted by atomic mass is 14.4. The molecule has 0 heterocycles. The smallest absolute Gasteiger partial charge is 0.0619 e. The fourth-order valence-corrected chi connectivity index (χ4v) is 6.62. The van der Waals surface area contributed by atoms with Crippen LogP contribution in [-0.4, -0.2) is 0 Å². The lowest BCUT2D eigenvalue weighted by atomic mass is 9.68. The maximum atomic E-state index is 9.92. The van der Waals surface area contributed by atoms with E-state index in [9.17, 15) is 16.4 Å². The van der Waals surface area contributed by atoms with E-state index in [2.05, 4.69) is 0 Å². The van der Waals surface area contributed by atoms with E-state index in [4.69, 9.17) is 16.4 Å². The molecule has 45 heavy (non-hydrogen) atoms. The normalized spacial score (nSPS) is 21.2. The summed E-state index contributed by atoms with van der Waals surface area (Å²) in [5.41, 5.74) is -5.05. The monoisotopic (exact) mass is 594 g/mol. The fourth-order valence-electron chi connectivity index (χ4n) is 6.62. The molecule has 0 amide bonds. The Morgan fingerprint density at radius 2 is 0.933 bits per heavy atom. The van der Waals surface area contributed by atoms with E-state index in [1.165, 1.54) is 13.8 Å². The second-order valence-corrected chi connectivity index (χ2v) is 11.4. The molecular formula is C45H30. The minimum absolute atomic E-state index is 0.0840. The molecule has 0 saturated heterocycles. The van der Waals surface area contributed by atoms with E-state index in [-0.39, 0.29) is 38.4 Å². The van der Waals surface area contributed by atoms with Crippen LogP contribution >= 0.6 is 0 Å². The Labute approximate surface area is 296 Å². The Balaban J connectivity index is 1.58. The van der Waals surface area contributed by atoms with E-state index in [1.54, 1.807) is 0 Å². The summed E-state index contributed by atoms with van der Waals surface area (Å²) < 4.78 is 220. The van der Waals surface area contributed by atoms with Gasteiger partial charge in [0.25, 0.3) is 0 Å². The van der Waals surface area contributed by atoms with Crippen molar-refractivity contribution in [3.8, 4) is 33.4 Å². The summed E-state index contributed by atoms with van der Waals surface area (Å²) >= 11 is 0. The van der Waals surface area contributed by atoms with Crippen LogP contribution in [-0.2, 0) is 5.41 Å². The van der Waals surface area contributed by atoms with Crippen LogP contribution in [0, 0.1) is 0 Å². The SMILES string of the molecule is [2H]c1c([2H])c([2H])c2c(c1[2H])-c1c([2H])c([2H])c([2H])c3c(-c4c(-c5c([2H])c([2H])c6c([2H])c([2H])c7c([2H])c([2H])c([2H])c8c([2H])c([2H])c5c6c78)c([2H])c([2H])c5c([2H])c([2H])c([2H])c([2H])c45)c([2H])c([2H])c(c13)C2(C)C. The van der Waals surface area contributed by atoms with Crippen LogP contribution in [0.15, 0.2) is 145 Å². The largest absolute Gasteiger partial charge is 0.0630 e. The molecule has 0 fully saturated rings. The van der Waals surface area contributed by atoms with Gasteiger partial charge in [-0.3, -0.25) is 0 Å². The van der Waals surface area contributed by atoms with Gasteiger partial charge in [-0.15, -0.1) is 0 Å². The highest BCUT2D eigenvalue weighted by Crippen LogP contribution is 2.52. The van der Waals surface area contributed by atoms with Gasteiger partial charge in [-0.25, -0.2) is 0 Å². The third-order valence-electron chi connectivity index (χ3n) is 8.69. The minimum Gasteiger partial charge on any atom is -0.0619 e. The first-order valence-electron chi connectivity index (χ1n) is 26.0. The minimum atomic E-state index is -1.62. The first-order valence-corrected chi connectivity index (χ1v) is 14.0. The van der Waals surface area contributed by atoms with E-state index >= 15 is 0 Å². The second kappa shape index (κ2) is 8.80. The van der Waals surface area contributed by atoms with Gasteiger partial charge in [0.05, 0.1) is 32.9 Å². The highest BCUT2D eigenvalue weighted by molar-refractivity contribution is 6.26. The molecule has 0 radical (unpaired) electrons. The van der Waals surface area contributed by atoms with Gasteiger partial charge < -0.3 is 0 Å². The van der Waals surface area contributed by atoms with Gasteiger partial charge in [0.15, 0.2) is 0 Å². The van der Waals surface area contributed by atoms with Crippen LogP contribution in [0.3, 0.4) is 0 Å². The highest BCUT2D eigenvalue weighted by Gasteiger charge is 2.34. The second-order valence-electron chi connectivity index (χ2n) is 11.4. The molecule has 9 aromatic carbocycles. The molecule has 0 bridgehead atoms. The van der Waals surface area contributed by atoms with E-state index < -0.39 is 210 Å². The summed E-state index contributed by atoms with van der Waals surface area (Å²) in [7, 11) is 0. The molecule has 0 saturated carbocycles. The zero-order valence-corrected chi connectivity index (χ0v) is 23.5. The third-order valence-corrected chi connectivity index (χ3v) is 8.69. The Hall–Kier alpha value is -5.46. The van der Waals surface area contributed by atoms with Crippen LogP contribution in [0.2, 0.25) is 0 Å². The molecule has 9 aromatic rings. The van der Waals surface area contributed by atoms with Crippen molar-refractivity contribution in [1.82, 2.24) is 0 Å². The predicted octanol–water partition coefficient (Wildman–Crippen LogP) is 12.5. The quantitative estimate of drug-likeness (QED) is 0.175. The van der Waals surface area contributed by atoms with Gasteiger partial charge >= 0.3 is 0 Å². The Morgan fingerprint density at radius 1 is 0.356 bits per heavy atom. The molecule has 1 aliphatic carbocycles. The number of hydrogen-bond acceptors (Lipinski definition) is 0. The summed E-state index contributed by atoms with van der Waals surface area (Å²) in [6.45, 7) is 3.02. The number of benzene rings is 9. The van der Waals surface area contributed by atoms with Crippen molar-refractivity contribution < 1.29 is 32.9 Å². The maximum Gasteiger partial charge on any atom is 0.0630 e. The number of rotatable bonds is 2. The van der Waals surface area contributed by atoms with Gasteiger partial charge in [0, 0.05) is 5.41 Å². The van der Waals surface area contributed by atoms with Crippen molar-refractivity contribution in [3.05, 3.63) is 156 Å². The van der Waals surface area contributed by atoms with E-state index in [0.717, 1.165) is 0 Å². The van der Waals surface area contributed by atoms with Crippen molar-refractivity contribution in [2.45, 2.75) is 19.3 Å². The molecule has 1 aliphatic rings. The van der Waals surface area contributed by atoms with Crippen molar-refractivity contribution in [2.24, 2.45) is 0 Å². The maximum absolute atomic E-state index is 9.92. The molecule has 0 spiro atoms. The molecule has 0 unspecified atom stereocenters. The van der Waals surface area contributed by atoms with Gasteiger partial charge in [0.1, 0.15) is 0 Å². The molecule has 0 heteroatoms. The predicted molar refractivity (Wildman–Crippen MR) is 194 cm³/mol. The van der Waals surface area contributed by atoms with Crippen molar-refractivity contribution in [3.63, 3.8) is 0 Å². The van der Waals surface area contributed by atoms with E-state index in [0.29, 0.717) is 0 Å². The lowest BCUT2D eigenvalue weighted by Gasteiger charge is -2.35. The summed E-state index contributed by atoms with van der Waals surface area (Å²) in [4.78, 5) is 0. The molecular weight excluding hydrogens is 540 g/mol. The molecule has 0 nitrogen and oxygen atoms in total. The van der Waals surface area contributed by atoms with Gasteiger partial charge in [0.2, 0.25) is 0 Å². The topological polar surface area (TPSA) is 0 Å². The first kappa shape index (κ1) is 11.2. The van der Waals surface area contributed by atoms with Gasteiger partial charge in [-0.2, -0.15) is 0 Å². The van der Waals surface area contributed by atoms with Crippen LogP contribution in [0.4, 0.5) is 0 Å². The lowest BCUT2D eigenvalue weighted by molar-refractivity contribution is 0.645. The average Bonchev–Trinajstić information content (AvgIpc) is 3.29. The van der Waals surface area contributed by atoms with Crippen LogP contribution < -0.4 is 0 Å². The summed E-state index contributed by atoms with van der Waals surface area (Å²) in [5.74, 6) is 0. The van der Waals surface area contributed by atoms with Gasteiger partial charge in [-0.1, -0.05) is 159 Å². The molecule has 0 N–H and O–H groups in total. The van der Waals surface area contributed by atoms with E-state index in [1.807, 2.05) is 0 Å². The van der Waals surface area contributed by atoms with Crippen LogP contribution in [0.1, 0.15) is 57.9 Å². The first-order chi connectivity index (χ1) is 32.1. The van der Waals surface area contributed by atoms with Crippen LogP contribution in [0.25, 0.3) is 87.2 Å². The third kappa shape index (κ3) is 3.27. The van der Waals surface area contributed by atoms with Crippen molar-refractivity contribution in [1.29, 1.82) is 0 Å². The Bertz CT molecular complexity index is 4000. The van der Waals surface area contributed by atoms with Gasteiger partial charge in [-0.05, 0) is 98.4 Å². The standard InChI is InChI=1S/C45H30/c1-45(2)39-16-6-5-13-33(39)34-14-8-15-35-38(25-26-40(45)44(34)35)43-31-12-4-3-9-27(31)19-23-37(43)32-22-20-30-18-17-28-10-7-11-29-21-24-36(32)42(30)41(28)29/h3-26H,1-2H3/i3D,4D,5D,6D,7D,8D,9D,10D,11D,12D,13D,14D,15D,16D,17D,18D,19D,20D,21D,22D,23D,24D,25D,26D. The summed E-state index contributed by atoms with van der Waals surface area (Å²) in [6.07, 6.45) is 0. The average molecular weight is 595 g/mol. The fraction of sp³-hybridized carbons (Fsp3) is 0.0667. The molecule has 0 aromatic heterocycles. The summed E-state index contributed by atoms with van der Waals surface area (Å²) in [6, 6.07) is -18.6. The molecule has 0 aliphatic heterocycles. The Kier molecular flexibility index (Phi) is 2.18. The molecule has 10 rings (SSSR count). The zero-order valence-electron chi connectivity index (χ0n) is 47.5. The van der Waals surface area contributed by atoms with Crippen molar-refractivity contribution >= 4 is 53.9 Å². The molecule has 210 valence electrons. The number of fused-ring (bicyclic) bond motifs is 3. The van der Waals surface area contributed by atoms with Crippen molar-refractivity contribution in [2.75, 3.05) is 0 Å². The number of hydrogen-bond donors (Lipinski definition) is 0. The lowest BCUT2D eigenvalue weighted by Crippen LogP contribution is -2.23. The van der Waals surface area contributed by atoms with Crippen LogP contribution in [0.5, 0.6) is 0 Å².